The minimum atomic E-state index is 0.400. The zero-order valence-electron chi connectivity index (χ0n) is 12.2. The first-order chi connectivity index (χ1) is 8.08. The molecule has 1 rings (SSSR count). The van der Waals surface area contributed by atoms with Crippen LogP contribution in [0, 0.1) is 11.3 Å². The smallest absolute Gasteiger partial charge is 0.0534 e. The monoisotopic (exact) mass is 241 g/mol. The first-order valence-corrected chi connectivity index (χ1v) is 7.39. The summed E-state index contributed by atoms with van der Waals surface area (Å²) in [7, 11) is 0. The molecular weight excluding hydrogens is 210 g/mol. The van der Waals surface area contributed by atoms with Crippen molar-refractivity contribution in [3.63, 3.8) is 0 Å². The highest BCUT2D eigenvalue weighted by molar-refractivity contribution is 4.86. The van der Waals surface area contributed by atoms with Gasteiger partial charge in [-0.1, -0.05) is 40.5 Å². The van der Waals surface area contributed by atoms with Crippen LogP contribution in [0.4, 0.5) is 0 Å². The molecule has 2 nitrogen and oxygen atoms in total. The van der Waals surface area contributed by atoms with E-state index in [1.54, 1.807) is 0 Å². The molecule has 2 unspecified atom stereocenters. The SMILES string of the molecule is CCCC(C)CC1(CNC(C)C)CCCOC1. The maximum absolute atomic E-state index is 5.76. The van der Waals surface area contributed by atoms with Crippen LogP contribution < -0.4 is 5.32 Å². The molecular formula is C15H31NO. The molecule has 17 heavy (non-hydrogen) atoms. The van der Waals surface area contributed by atoms with Crippen LogP contribution in [0.2, 0.25) is 0 Å². The third kappa shape index (κ3) is 5.39. The van der Waals surface area contributed by atoms with E-state index in [2.05, 4.69) is 33.0 Å². The molecule has 1 aliphatic heterocycles. The molecule has 2 atom stereocenters. The quantitative estimate of drug-likeness (QED) is 0.735. The van der Waals surface area contributed by atoms with Crippen molar-refractivity contribution in [2.24, 2.45) is 11.3 Å². The Morgan fingerprint density at radius 2 is 2.06 bits per heavy atom. The second kappa shape index (κ2) is 7.38. The largest absolute Gasteiger partial charge is 0.381 e. The summed E-state index contributed by atoms with van der Waals surface area (Å²) in [5.41, 5.74) is 0.400. The molecule has 0 bridgehead atoms. The van der Waals surface area contributed by atoms with Crippen molar-refractivity contribution in [2.75, 3.05) is 19.8 Å². The van der Waals surface area contributed by atoms with Crippen molar-refractivity contribution in [1.82, 2.24) is 5.32 Å². The molecule has 2 heteroatoms. The molecule has 1 heterocycles. The fraction of sp³-hybridized carbons (Fsp3) is 1.00. The fourth-order valence-corrected chi connectivity index (χ4v) is 3.04. The Balaban J connectivity index is 2.51. The van der Waals surface area contributed by atoms with E-state index in [0.29, 0.717) is 11.5 Å². The Hall–Kier alpha value is -0.0800. The average molecular weight is 241 g/mol. The van der Waals surface area contributed by atoms with Crippen LogP contribution in [-0.4, -0.2) is 25.8 Å². The van der Waals surface area contributed by atoms with Crippen LogP contribution in [-0.2, 0) is 4.74 Å². The van der Waals surface area contributed by atoms with Crippen LogP contribution in [0.3, 0.4) is 0 Å². The molecule has 0 radical (unpaired) electrons. The van der Waals surface area contributed by atoms with Gasteiger partial charge in [-0.3, -0.25) is 0 Å². The molecule has 0 aliphatic carbocycles. The predicted octanol–water partition coefficient (Wildman–Crippen LogP) is 3.61. The van der Waals surface area contributed by atoms with Crippen LogP contribution >= 0.6 is 0 Å². The molecule has 0 saturated carbocycles. The predicted molar refractivity (Wildman–Crippen MR) is 74.3 cm³/mol. The summed E-state index contributed by atoms with van der Waals surface area (Å²) in [6.07, 6.45) is 6.54. The average Bonchev–Trinajstić information content (AvgIpc) is 2.28. The highest BCUT2D eigenvalue weighted by Gasteiger charge is 2.34. The van der Waals surface area contributed by atoms with Crippen molar-refractivity contribution < 1.29 is 4.74 Å². The molecule has 0 amide bonds. The van der Waals surface area contributed by atoms with E-state index in [4.69, 9.17) is 4.74 Å². The number of hydrogen-bond acceptors (Lipinski definition) is 2. The summed E-state index contributed by atoms with van der Waals surface area (Å²) >= 11 is 0. The molecule has 102 valence electrons. The zero-order valence-corrected chi connectivity index (χ0v) is 12.2. The molecule has 1 aliphatic rings. The fourth-order valence-electron chi connectivity index (χ4n) is 3.04. The van der Waals surface area contributed by atoms with Gasteiger partial charge in [-0.15, -0.1) is 0 Å². The number of hydrogen-bond donors (Lipinski definition) is 1. The van der Waals surface area contributed by atoms with E-state index < -0.39 is 0 Å². The summed E-state index contributed by atoms with van der Waals surface area (Å²) in [5.74, 6) is 0.829. The van der Waals surface area contributed by atoms with Gasteiger partial charge in [-0.25, -0.2) is 0 Å². The molecule has 0 aromatic carbocycles. The Labute approximate surface area is 108 Å². The number of rotatable bonds is 7. The summed E-state index contributed by atoms with van der Waals surface area (Å²) in [6, 6.07) is 0.579. The Morgan fingerprint density at radius 3 is 2.59 bits per heavy atom. The highest BCUT2D eigenvalue weighted by Crippen LogP contribution is 2.36. The standard InChI is InChI=1S/C15H31NO/c1-5-7-14(4)10-15(11-16-13(2)3)8-6-9-17-12-15/h13-14,16H,5-12H2,1-4H3. The van der Waals surface area contributed by atoms with Crippen LogP contribution in [0.5, 0.6) is 0 Å². The normalized spacial score (nSPS) is 27.4. The maximum Gasteiger partial charge on any atom is 0.0534 e. The van der Waals surface area contributed by atoms with Gasteiger partial charge in [0.15, 0.2) is 0 Å². The summed E-state index contributed by atoms with van der Waals surface area (Å²) in [4.78, 5) is 0. The third-order valence-electron chi connectivity index (χ3n) is 3.85. The highest BCUT2D eigenvalue weighted by atomic mass is 16.5. The van der Waals surface area contributed by atoms with E-state index >= 15 is 0 Å². The van der Waals surface area contributed by atoms with Crippen molar-refractivity contribution in [3.05, 3.63) is 0 Å². The van der Waals surface area contributed by atoms with E-state index in [9.17, 15) is 0 Å². The zero-order chi connectivity index (χ0) is 12.7. The minimum absolute atomic E-state index is 0.400. The van der Waals surface area contributed by atoms with E-state index in [-0.39, 0.29) is 0 Å². The topological polar surface area (TPSA) is 21.3 Å². The number of ether oxygens (including phenoxy) is 1. The summed E-state index contributed by atoms with van der Waals surface area (Å²) in [6.45, 7) is 12.2. The molecule has 0 spiro atoms. The lowest BCUT2D eigenvalue weighted by Crippen LogP contribution is -2.44. The molecule has 1 N–H and O–H groups in total. The van der Waals surface area contributed by atoms with Crippen molar-refractivity contribution >= 4 is 0 Å². The molecule has 1 fully saturated rings. The van der Waals surface area contributed by atoms with Crippen molar-refractivity contribution in [1.29, 1.82) is 0 Å². The van der Waals surface area contributed by atoms with Crippen molar-refractivity contribution in [2.45, 2.75) is 65.8 Å². The Bertz CT molecular complexity index is 197. The van der Waals surface area contributed by atoms with Gasteiger partial charge in [0.1, 0.15) is 0 Å². The first-order valence-electron chi connectivity index (χ1n) is 7.39. The van der Waals surface area contributed by atoms with E-state index in [1.807, 2.05) is 0 Å². The van der Waals surface area contributed by atoms with Gasteiger partial charge in [0, 0.05) is 24.6 Å². The van der Waals surface area contributed by atoms with Gasteiger partial charge in [-0.05, 0) is 25.2 Å². The number of nitrogens with one attached hydrogen (secondary N) is 1. The lowest BCUT2D eigenvalue weighted by atomic mass is 9.74. The lowest BCUT2D eigenvalue weighted by Gasteiger charge is -2.39. The molecule has 0 aromatic rings. The second-order valence-corrected chi connectivity index (χ2v) is 6.29. The lowest BCUT2D eigenvalue weighted by molar-refractivity contribution is -0.0209. The summed E-state index contributed by atoms with van der Waals surface area (Å²) < 4.78 is 5.76. The van der Waals surface area contributed by atoms with Gasteiger partial charge >= 0.3 is 0 Å². The van der Waals surface area contributed by atoms with Gasteiger partial charge in [0.2, 0.25) is 0 Å². The van der Waals surface area contributed by atoms with Gasteiger partial charge in [-0.2, -0.15) is 0 Å². The summed E-state index contributed by atoms with van der Waals surface area (Å²) in [5, 5.41) is 3.62. The maximum atomic E-state index is 5.76. The van der Waals surface area contributed by atoms with Gasteiger partial charge in [0.05, 0.1) is 6.61 Å². The van der Waals surface area contributed by atoms with Crippen LogP contribution in [0.1, 0.15) is 59.8 Å². The van der Waals surface area contributed by atoms with E-state index in [0.717, 1.165) is 25.7 Å². The third-order valence-corrected chi connectivity index (χ3v) is 3.85. The Morgan fingerprint density at radius 1 is 1.29 bits per heavy atom. The van der Waals surface area contributed by atoms with E-state index in [1.165, 1.54) is 32.1 Å². The van der Waals surface area contributed by atoms with Crippen LogP contribution in [0.15, 0.2) is 0 Å². The molecule has 0 aromatic heterocycles. The Kier molecular flexibility index (Phi) is 6.50. The second-order valence-electron chi connectivity index (χ2n) is 6.29. The van der Waals surface area contributed by atoms with Crippen LogP contribution in [0.25, 0.3) is 0 Å². The van der Waals surface area contributed by atoms with Gasteiger partial charge in [0.25, 0.3) is 0 Å². The first kappa shape index (κ1) is 15.0. The van der Waals surface area contributed by atoms with Gasteiger partial charge < -0.3 is 10.1 Å². The van der Waals surface area contributed by atoms with Crippen molar-refractivity contribution in [3.8, 4) is 0 Å². The minimum Gasteiger partial charge on any atom is -0.381 e. The molecule has 1 saturated heterocycles.